The molecule has 29 heavy (non-hydrogen) atoms. The molecule has 1 aliphatic rings. The number of likely N-dealkylation sites (N-methyl/N-ethyl adjacent to an activating group) is 1. The molecule has 0 atom stereocenters. The molecule has 0 aliphatic carbocycles. The molecular weight excluding hydrogens is 364 g/mol. The van der Waals surface area contributed by atoms with Crippen molar-refractivity contribution < 1.29 is 14.3 Å². The number of amides is 2. The third-order valence-corrected chi connectivity index (χ3v) is 4.67. The SMILES string of the molecule is CCN1C(=O)OC(=Cc2ccc(N(c3ccccc3)c3ccccc3)cc2)C1=O. The molecule has 0 aromatic heterocycles. The Morgan fingerprint density at radius 1 is 0.793 bits per heavy atom. The number of carbonyl (C=O) groups is 2. The molecule has 1 heterocycles. The maximum absolute atomic E-state index is 12.2. The molecular formula is C24H20N2O3. The number of anilines is 3. The highest BCUT2D eigenvalue weighted by Crippen LogP contribution is 2.34. The fraction of sp³-hybridized carbons (Fsp3) is 0.0833. The van der Waals surface area contributed by atoms with Gasteiger partial charge in [-0.15, -0.1) is 0 Å². The Hall–Kier alpha value is -3.86. The summed E-state index contributed by atoms with van der Waals surface area (Å²) in [6.07, 6.45) is 0.967. The van der Waals surface area contributed by atoms with Crippen molar-refractivity contribution >= 4 is 35.1 Å². The summed E-state index contributed by atoms with van der Waals surface area (Å²) in [5.74, 6) is -0.357. The predicted octanol–water partition coefficient (Wildman–Crippen LogP) is 5.50. The van der Waals surface area contributed by atoms with Crippen LogP contribution in [0.3, 0.4) is 0 Å². The van der Waals surface area contributed by atoms with Gasteiger partial charge in [-0.25, -0.2) is 9.69 Å². The van der Waals surface area contributed by atoms with Crippen molar-refractivity contribution in [1.82, 2.24) is 4.90 Å². The van der Waals surface area contributed by atoms with Crippen LogP contribution in [0.2, 0.25) is 0 Å². The van der Waals surface area contributed by atoms with Gasteiger partial charge in [0.2, 0.25) is 0 Å². The Labute approximate surface area is 169 Å². The number of hydrogen-bond donors (Lipinski definition) is 0. The standard InChI is InChI=1S/C24H20N2O3/c1-2-25-23(27)22(29-24(25)28)17-18-13-15-21(16-14-18)26(19-9-5-3-6-10-19)20-11-7-4-8-12-20/h3-17H,2H2,1H3. The zero-order chi connectivity index (χ0) is 20.2. The molecule has 1 saturated heterocycles. The Balaban J connectivity index is 1.66. The first-order valence-electron chi connectivity index (χ1n) is 9.43. The predicted molar refractivity (Wildman–Crippen MR) is 113 cm³/mol. The molecule has 0 spiro atoms. The summed E-state index contributed by atoms with van der Waals surface area (Å²) in [6, 6.07) is 28.0. The van der Waals surface area contributed by atoms with Crippen LogP contribution in [0.1, 0.15) is 12.5 Å². The third-order valence-electron chi connectivity index (χ3n) is 4.67. The van der Waals surface area contributed by atoms with Crippen LogP contribution in [0.5, 0.6) is 0 Å². The Morgan fingerprint density at radius 2 is 1.31 bits per heavy atom. The Kier molecular flexibility index (Phi) is 5.12. The van der Waals surface area contributed by atoms with Crippen molar-refractivity contribution in [3.05, 3.63) is 96.3 Å². The van der Waals surface area contributed by atoms with E-state index in [1.807, 2.05) is 60.7 Å². The van der Waals surface area contributed by atoms with Crippen molar-refractivity contribution in [3.8, 4) is 0 Å². The molecule has 4 rings (SSSR count). The highest BCUT2D eigenvalue weighted by molar-refractivity contribution is 6.09. The first kappa shape index (κ1) is 18.5. The second-order valence-corrected chi connectivity index (χ2v) is 6.52. The van der Waals surface area contributed by atoms with Crippen LogP contribution in [0.15, 0.2) is 90.7 Å². The molecule has 3 aromatic rings. The summed E-state index contributed by atoms with van der Waals surface area (Å²) >= 11 is 0. The quantitative estimate of drug-likeness (QED) is 0.545. The number of carbonyl (C=O) groups excluding carboxylic acids is 2. The molecule has 1 fully saturated rings. The summed E-state index contributed by atoms with van der Waals surface area (Å²) in [4.78, 5) is 27.1. The minimum absolute atomic E-state index is 0.0487. The largest absolute Gasteiger partial charge is 0.422 e. The summed E-state index contributed by atoms with van der Waals surface area (Å²) in [6.45, 7) is 2.02. The van der Waals surface area contributed by atoms with Gasteiger partial charge in [-0.05, 0) is 55.0 Å². The van der Waals surface area contributed by atoms with Gasteiger partial charge in [0.1, 0.15) is 0 Å². The number of rotatable bonds is 5. The average molecular weight is 384 g/mol. The van der Waals surface area contributed by atoms with Crippen LogP contribution in [0.4, 0.5) is 21.9 Å². The van der Waals surface area contributed by atoms with E-state index in [-0.39, 0.29) is 12.3 Å². The van der Waals surface area contributed by atoms with Gasteiger partial charge in [0, 0.05) is 23.6 Å². The van der Waals surface area contributed by atoms with Gasteiger partial charge >= 0.3 is 6.09 Å². The lowest BCUT2D eigenvalue weighted by atomic mass is 10.1. The van der Waals surface area contributed by atoms with Crippen LogP contribution in [0.25, 0.3) is 6.08 Å². The van der Waals surface area contributed by atoms with E-state index in [0.717, 1.165) is 27.5 Å². The van der Waals surface area contributed by atoms with E-state index in [1.54, 1.807) is 13.0 Å². The molecule has 0 N–H and O–H groups in total. The molecule has 0 bridgehead atoms. The number of nitrogens with zero attached hydrogens (tertiary/aromatic N) is 2. The number of para-hydroxylation sites is 2. The van der Waals surface area contributed by atoms with Gasteiger partial charge in [-0.1, -0.05) is 48.5 Å². The van der Waals surface area contributed by atoms with Crippen molar-refractivity contribution in [3.63, 3.8) is 0 Å². The lowest BCUT2D eigenvalue weighted by molar-refractivity contribution is -0.123. The van der Waals surface area contributed by atoms with Crippen LogP contribution < -0.4 is 4.90 Å². The second kappa shape index (κ2) is 8.02. The molecule has 5 nitrogen and oxygen atoms in total. The fourth-order valence-electron chi connectivity index (χ4n) is 3.24. The van der Waals surface area contributed by atoms with Crippen molar-refractivity contribution in [2.45, 2.75) is 6.92 Å². The van der Waals surface area contributed by atoms with E-state index in [2.05, 4.69) is 29.2 Å². The highest BCUT2D eigenvalue weighted by atomic mass is 16.6. The highest BCUT2D eigenvalue weighted by Gasteiger charge is 2.35. The number of ether oxygens (including phenoxy) is 1. The maximum Gasteiger partial charge on any atom is 0.422 e. The Morgan fingerprint density at radius 3 is 1.79 bits per heavy atom. The molecule has 0 unspecified atom stereocenters. The molecule has 0 saturated carbocycles. The Bertz CT molecular complexity index is 1010. The van der Waals surface area contributed by atoms with E-state index in [4.69, 9.17) is 4.74 Å². The van der Waals surface area contributed by atoms with Crippen LogP contribution in [-0.2, 0) is 9.53 Å². The van der Waals surface area contributed by atoms with Crippen LogP contribution >= 0.6 is 0 Å². The van der Waals surface area contributed by atoms with Gasteiger partial charge in [0.15, 0.2) is 5.76 Å². The second-order valence-electron chi connectivity index (χ2n) is 6.52. The van der Waals surface area contributed by atoms with E-state index in [0.29, 0.717) is 0 Å². The van der Waals surface area contributed by atoms with Crippen LogP contribution in [0, 0.1) is 0 Å². The average Bonchev–Trinajstić information content (AvgIpc) is 3.03. The van der Waals surface area contributed by atoms with E-state index >= 15 is 0 Å². The maximum atomic E-state index is 12.2. The van der Waals surface area contributed by atoms with Gasteiger partial charge in [0.05, 0.1) is 0 Å². The molecule has 5 heteroatoms. The van der Waals surface area contributed by atoms with E-state index in [1.165, 1.54) is 0 Å². The minimum atomic E-state index is -0.625. The number of imide groups is 1. The smallest absolute Gasteiger partial charge is 0.404 e. The summed E-state index contributed by atoms with van der Waals surface area (Å²) in [5.41, 5.74) is 3.85. The lowest BCUT2D eigenvalue weighted by Gasteiger charge is -2.25. The zero-order valence-electron chi connectivity index (χ0n) is 16.0. The van der Waals surface area contributed by atoms with Crippen LogP contribution in [-0.4, -0.2) is 23.4 Å². The number of cyclic esters (lactones) is 1. The van der Waals surface area contributed by atoms with Crippen molar-refractivity contribution in [2.75, 3.05) is 11.4 Å². The number of benzene rings is 3. The van der Waals surface area contributed by atoms with Crippen molar-refractivity contribution in [1.29, 1.82) is 0 Å². The molecule has 2 amide bonds. The monoisotopic (exact) mass is 384 g/mol. The van der Waals surface area contributed by atoms with Gasteiger partial charge in [-0.2, -0.15) is 0 Å². The fourth-order valence-corrected chi connectivity index (χ4v) is 3.24. The number of hydrogen-bond acceptors (Lipinski definition) is 4. The molecule has 1 aliphatic heterocycles. The summed E-state index contributed by atoms with van der Waals surface area (Å²) in [7, 11) is 0. The molecule has 3 aromatic carbocycles. The van der Waals surface area contributed by atoms with E-state index < -0.39 is 12.0 Å². The molecule has 144 valence electrons. The lowest BCUT2D eigenvalue weighted by Crippen LogP contribution is -2.28. The normalized spacial score (nSPS) is 14.9. The van der Waals surface area contributed by atoms with E-state index in [9.17, 15) is 9.59 Å². The van der Waals surface area contributed by atoms with Gasteiger partial charge < -0.3 is 9.64 Å². The first-order valence-corrected chi connectivity index (χ1v) is 9.43. The minimum Gasteiger partial charge on any atom is -0.404 e. The van der Waals surface area contributed by atoms with Gasteiger partial charge in [-0.3, -0.25) is 4.79 Å². The topological polar surface area (TPSA) is 49.9 Å². The third kappa shape index (κ3) is 3.75. The summed E-state index contributed by atoms with van der Waals surface area (Å²) in [5, 5.41) is 0. The molecule has 0 radical (unpaired) electrons. The van der Waals surface area contributed by atoms with Gasteiger partial charge in [0.25, 0.3) is 5.91 Å². The first-order chi connectivity index (χ1) is 14.2. The van der Waals surface area contributed by atoms with Crippen molar-refractivity contribution in [2.24, 2.45) is 0 Å². The zero-order valence-corrected chi connectivity index (χ0v) is 16.0. The summed E-state index contributed by atoms with van der Waals surface area (Å²) < 4.78 is 5.09.